The Kier molecular flexibility index (Phi) is 5.13. The maximum absolute atomic E-state index is 13.1. The average Bonchev–Trinajstić information content (AvgIpc) is 3.36. The van der Waals surface area contributed by atoms with Crippen LogP contribution in [0.3, 0.4) is 0 Å². The van der Waals surface area contributed by atoms with E-state index in [9.17, 15) is 14.0 Å². The van der Waals surface area contributed by atoms with Crippen molar-refractivity contribution in [2.24, 2.45) is 0 Å². The highest BCUT2D eigenvalue weighted by molar-refractivity contribution is 7.19. The van der Waals surface area contributed by atoms with Gasteiger partial charge in [0.1, 0.15) is 10.7 Å². The van der Waals surface area contributed by atoms with Crippen molar-refractivity contribution in [2.45, 2.75) is 26.2 Å². The van der Waals surface area contributed by atoms with Gasteiger partial charge >= 0.3 is 0 Å². The van der Waals surface area contributed by atoms with Crippen LogP contribution in [0.1, 0.15) is 34.6 Å². The minimum absolute atomic E-state index is 0.121. The predicted octanol–water partition coefficient (Wildman–Crippen LogP) is 3.25. The van der Waals surface area contributed by atoms with Crippen LogP contribution in [0.15, 0.2) is 30.5 Å². The third kappa shape index (κ3) is 3.64. The summed E-state index contributed by atoms with van der Waals surface area (Å²) < 4.78 is 15.0. The molecule has 8 heteroatoms. The van der Waals surface area contributed by atoms with Crippen molar-refractivity contribution < 1.29 is 14.0 Å². The lowest BCUT2D eigenvalue weighted by Crippen LogP contribution is -2.30. The number of carbonyl (C=O) groups excluding carboxylic acids is 2. The van der Waals surface area contributed by atoms with E-state index in [0.29, 0.717) is 24.4 Å². The highest BCUT2D eigenvalue weighted by atomic mass is 32.1. The normalized spacial score (nSPS) is 14.2. The molecule has 0 bridgehead atoms. The molecule has 0 unspecified atom stereocenters. The molecule has 1 aromatic carbocycles. The maximum Gasteiger partial charge on any atom is 0.263 e. The molecule has 1 aliphatic heterocycles. The molecule has 2 amide bonds. The number of thiazole rings is 1. The van der Waals surface area contributed by atoms with Crippen molar-refractivity contribution in [1.29, 1.82) is 0 Å². The number of hydrogen-bond acceptors (Lipinski definition) is 4. The zero-order valence-electron chi connectivity index (χ0n) is 15.6. The molecule has 0 aliphatic carbocycles. The fourth-order valence-corrected chi connectivity index (χ4v) is 4.44. The van der Waals surface area contributed by atoms with E-state index >= 15 is 0 Å². The van der Waals surface area contributed by atoms with Crippen LogP contribution >= 0.6 is 11.3 Å². The second-order valence-electron chi connectivity index (χ2n) is 6.90. The Bertz CT molecular complexity index is 1020. The van der Waals surface area contributed by atoms with E-state index in [0.717, 1.165) is 41.3 Å². The quantitative estimate of drug-likeness (QED) is 0.646. The summed E-state index contributed by atoms with van der Waals surface area (Å²) in [5, 5.41) is 2.93. The summed E-state index contributed by atoms with van der Waals surface area (Å²) in [4.78, 5) is 31.9. The van der Waals surface area contributed by atoms with E-state index in [-0.39, 0.29) is 17.6 Å². The molecule has 1 N–H and O–H groups in total. The smallest absolute Gasteiger partial charge is 0.263 e. The number of hydrogen-bond donors (Lipinski definition) is 1. The van der Waals surface area contributed by atoms with Gasteiger partial charge in [-0.2, -0.15) is 0 Å². The molecule has 2 aromatic heterocycles. The van der Waals surface area contributed by atoms with Crippen LogP contribution in [0, 0.1) is 12.7 Å². The number of halogens is 1. The number of aryl methyl sites for hydroxylation is 1. The van der Waals surface area contributed by atoms with Gasteiger partial charge in [-0.05, 0) is 44.0 Å². The van der Waals surface area contributed by atoms with Crippen molar-refractivity contribution in [3.05, 3.63) is 46.9 Å². The Hall–Kier alpha value is -2.74. The molecule has 0 atom stereocenters. The summed E-state index contributed by atoms with van der Waals surface area (Å²) in [5.74, 6) is -0.198. The number of likely N-dealkylation sites (tertiary alicyclic amines) is 1. The van der Waals surface area contributed by atoms with Gasteiger partial charge in [-0.15, -0.1) is 0 Å². The number of nitrogens with one attached hydrogen (secondary N) is 1. The van der Waals surface area contributed by atoms with Gasteiger partial charge in [0.25, 0.3) is 5.91 Å². The molecule has 3 aromatic rings. The SMILES string of the molecule is Cc1c(C(=O)NCCCN2CCCC2=O)sc2nc(-c3ccc(F)cc3)cn12. The molecule has 4 rings (SSSR count). The van der Waals surface area contributed by atoms with Crippen LogP contribution in [0.2, 0.25) is 0 Å². The number of imidazole rings is 1. The molecular weight excluding hydrogens is 379 g/mol. The average molecular weight is 400 g/mol. The molecular formula is C20H21FN4O2S. The van der Waals surface area contributed by atoms with Crippen LogP contribution in [-0.4, -0.2) is 45.7 Å². The zero-order valence-corrected chi connectivity index (χ0v) is 16.4. The highest BCUT2D eigenvalue weighted by Crippen LogP contribution is 2.27. The van der Waals surface area contributed by atoms with Gasteiger partial charge in [-0.25, -0.2) is 9.37 Å². The summed E-state index contributed by atoms with van der Waals surface area (Å²) in [6.45, 7) is 3.93. The lowest BCUT2D eigenvalue weighted by molar-refractivity contribution is -0.127. The van der Waals surface area contributed by atoms with Gasteiger partial charge in [-0.1, -0.05) is 11.3 Å². The van der Waals surface area contributed by atoms with Crippen LogP contribution in [0.4, 0.5) is 4.39 Å². The van der Waals surface area contributed by atoms with Crippen LogP contribution < -0.4 is 5.32 Å². The number of amides is 2. The fraction of sp³-hybridized carbons (Fsp3) is 0.350. The Morgan fingerprint density at radius 2 is 2.11 bits per heavy atom. The number of benzene rings is 1. The molecule has 146 valence electrons. The highest BCUT2D eigenvalue weighted by Gasteiger charge is 2.20. The van der Waals surface area contributed by atoms with Crippen LogP contribution in [0.5, 0.6) is 0 Å². The number of nitrogens with zero attached hydrogens (tertiary/aromatic N) is 3. The van der Waals surface area contributed by atoms with Gasteiger partial charge in [0.15, 0.2) is 4.96 Å². The van der Waals surface area contributed by atoms with Crippen molar-refractivity contribution in [1.82, 2.24) is 19.6 Å². The number of fused-ring (bicyclic) bond motifs is 1. The minimum atomic E-state index is -0.283. The fourth-order valence-electron chi connectivity index (χ4n) is 3.41. The number of carbonyl (C=O) groups is 2. The van der Waals surface area contributed by atoms with Crippen LogP contribution in [-0.2, 0) is 4.79 Å². The molecule has 6 nitrogen and oxygen atoms in total. The standard InChI is InChI=1S/C20H21FN4O2S/c1-13-18(19(27)22-9-3-11-24-10-2-4-17(24)26)28-20-23-16(12-25(13)20)14-5-7-15(21)8-6-14/h5-8,12H,2-4,9-11H2,1H3,(H,22,27). The largest absolute Gasteiger partial charge is 0.351 e. The molecule has 0 spiro atoms. The predicted molar refractivity (Wildman–Crippen MR) is 106 cm³/mol. The van der Waals surface area contributed by atoms with Crippen molar-refractivity contribution >= 4 is 28.1 Å². The number of rotatable bonds is 6. The Balaban J connectivity index is 1.40. The zero-order chi connectivity index (χ0) is 19.7. The van der Waals surface area contributed by atoms with E-state index in [4.69, 9.17) is 0 Å². The van der Waals surface area contributed by atoms with E-state index in [1.165, 1.54) is 23.5 Å². The Labute approximate surface area is 166 Å². The maximum atomic E-state index is 13.1. The molecule has 0 radical (unpaired) electrons. The van der Waals surface area contributed by atoms with Crippen molar-refractivity contribution in [3.8, 4) is 11.3 Å². The monoisotopic (exact) mass is 400 g/mol. The third-order valence-electron chi connectivity index (χ3n) is 4.96. The van der Waals surface area contributed by atoms with Gasteiger partial charge in [0.05, 0.1) is 5.69 Å². The first-order valence-electron chi connectivity index (χ1n) is 9.33. The van der Waals surface area contributed by atoms with E-state index in [2.05, 4.69) is 10.3 Å². The minimum Gasteiger partial charge on any atom is -0.351 e. The first-order chi connectivity index (χ1) is 13.5. The second-order valence-corrected chi connectivity index (χ2v) is 7.87. The first kappa shape index (κ1) is 18.6. The molecule has 3 heterocycles. The summed E-state index contributed by atoms with van der Waals surface area (Å²) in [7, 11) is 0. The van der Waals surface area contributed by atoms with Gasteiger partial charge in [-0.3, -0.25) is 14.0 Å². The lowest BCUT2D eigenvalue weighted by Gasteiger charge is -2.15. The topological polar surface area (TPSA) is 66.7 Å². The van der Waals surface area contributed by atoms with Crippen molar-refractivity contribution in [2.75, 3.05) is 19.6 Å². The van der Waals surface area contributed by atoms with Gasteiger partial charge < -0.3 is 10.2 Å². The molecule has 1 aliphatic rings. The van der Waals surface area contributed by atoms with Crippen molar-refractivity contribution in [3.63, 3.8) is 0 Å². The van der Waals surface area contributed by atoms with E-state index in [1.54, 1.807) is 12.1 Å². The lowest BCUT2D eigenvalue weighted by atomic mass is 10.2. The third-order valence-corrected chi connectivity index (χ3v) is 6.12. The van der Waals surface area contributed by atoms with E-state index < -0.39 is 0 Å². The molecule has 0 saturated carbocycles. The Morgan fingerprint density at radius 3 is 2.79 bits per heavy atom. The summed E-state index contributed by atoms with van der Waals surface area (Å²) in [6, 6.07) is 6.19. The van der Waals surface area contributed by atoms with Crippen LogP contribution in [0.25, 0.3) is 16.2 Å². The number of aromatic nitrogens is 2. The van der Waals surface area contributed by atoms with E-state index in [1.807, 2.05) is 22.4 Å². The van der Waals surface area contributed by atoms with Gasteiger partial charge in [0, 0.05) is 43.5 Å². The molecule has 1 saturated heterocycles. The summed E-state index contributed by atoms with van der Waals surface area (Å²) in [6.07, 6.45) is 4.18. The summed E-state index contributed by atoms with van der Waals surface area (Å²) in [5.41, 5.74) is 2.41. The second kappa shape index (κ2) is 7.71. The summed E-state index contributed by atoms with van der Waals surface area (Å²) >= 11 is 1.34. The molecule has 28 heavy (non-hydrogen) atoms. The Morgan fingerprint density at radius 1 is 1.32 bits per heavy atom. The molecule has 1 fully saturated rings. The first-order valence-corrected chi connectivity index (χ1v) is 10.1. The van der Waals surface area contributed by atoms with Gasteiger partial charge in [0.2, 0.25) is 5.91 Å².